The Morgan fingerprint density at radius 1 is 1.09 bits per heavy atom. The Bertz CT molecular complexity index is 552. The van der Waals surface area contributed by atoms with E-state index >= 15 is 0 Å². The van der Waals surface area contributed by atoms with Crippen molar-refractivity contribution in [2.75, 3.05) is 32.0 Å². The van der Waals surface area contributed by atoms with E-state index in [1.165, 1.54) is 0 Å². The van der Waals surface area contributed by atoms with Gasteiger partial charge >= 0.3 is 0 Å². The van der Waals surface area contributed by atoms with Crippen LogP contribution in [-0.2, 0) is 9.59 Å². The topological polar surface area (TPSA) is 62.6 Å². The molecule has 0 aromatic heterocycles. The zero-order chi connectivity index (χ0) is 16.7. The molecular formula is C14H19F3N3O2+. The first-order valence-corrected chi connectivity index (χ1v) is 6.86. The van der Waals surface area contributed by atoms with E-state index in [0.29, 0.717) is 11.4 Å². The van der Waals surface area contributed by atoms with Crippen molar-refractivity contribution in [2.45, 2.75) is 13.3 Å². The molecule has 1 rings (SSSR count). The van der Waals surface area contributed by atoms with Crippen LogP contribution in [0, 0.1) is 17.5 Å². The highest BCUT2D eigenvalue weighted by molar-refractivity contribution is 5.91. The summed E-state index contributed by atoms with van der Waals surface area (Å²) < 4.78 is 39.2. The number of carbonyl (C=O) groups excluding carboxylic acids is 2. The fourth-order valence-electron chi connectivity index (χ4n) is 1.75. The third-order valence-electron chi connectivity index (χ3n) is 2.81. The third-order valence-corrected chi connectivity index (χ3v) is 2.81. The minimum atomic E-state index is -1.64. The van der Waals surface area contributed by atoms with E-state index < -0.39 is 29.0 Å². The molecule has 0 bridgehead atoms. The normalized spacial score (nSPS) is 11.9. The minimum absolute atomic E-state index is 0.0771. The lowest BCUT2D eigenvalue weighted by Gasteiger charge is -2.14. The van der Waals surface area contributed by atoms with Crippen LogP contribution in [0.1, 0.15) is 13.3 Å². The van der Waals surface area contributed by atoms with Gasteiger partial charge in [0.05, 0.1) is 12.7 Å². The number of nitrogens with one attached hydrogen (secondary N) is 3. The van der Waals surface area contributed by atoms with Gasteiger partial charge in [-0.1, -0.05) is 6.92 Å². The molecule has 0 spiro atoms. The molecule has 0 aliphatic rings. The molecule has 0 aliphatic heterocycles. The van der Waals surface area contributed by atoms with Gasteiger partial charge in [-0.05, 0) is 18.6 Å². The zero-order valence-corrected chi connectivity index (χ0v) is 12.4. The molecule has 22 heavy (non-hydrogen) atoms. The lowest BCUT2D eigenvalue weighted by atomic mass is 10.2. The van der Waals surface area contributed by atoms with Crippen LogP contribution in [0.2, 0.25) is 0 Å². The maximum Gasteiger partial charge on any atom is 0.279 e. The number of carbonyl (C=O) groups is 2. The van der Waals surface area contributed by atoms with Gasteiger partial charge in [0.2, 0.25) is 0 Å². The van der Waals surface area contributed by atoms with Crippen molar-refractivity contribution in [1.82, 2.24) is 5.32 Å². The maximum absolute atomic E-state index is 13.4. The van der Waals surface area contributed by atoms with E-state index in [9.17, 15) is 22.8 Å². The van der Waals surface area contributed by atoms with Crippen molar-refractivity contribution in [3.8, 4) is 0 Å². The number of halogens is 3. The summed E-state index contributed by atoms with van der Waals surface area (Å²) in [5.41, 5.74) is -0.438. The molecule has 0 aliphatic carbocycles. The van der Waals surface area contributed by atoms with Crippen molar-refractivity contribution < 1.29 is 27.7 Å². The summed E-state index contributed by atoms with van der Waals surface area (Å²) in [4.78, 5) is 23.8. The Hall–Kier alpha value is -2.09. The number of quaternary nitrogens is 1. The summed E-state index contributed by atoms with van der Waals surface area (Å²) in [5.74, 6) is -5.23. The van der Waals surface area contributed by atoms with E-state index in [4.69, 9.17) is 0 Å². The summed E-state index contributed by atoms with van der Waals surface area (Å²) in [6.45, 7) is 2.44. The molecule has 8 heteroatoms. The lowest BCUT2D eigenvalue weighted by Crippen LogP contribution is -3.11. The van der Waals surface area contributed by atoms with Gasteiger partial charge in [-0.3, -0.25) is 9.59 Å². The molecule has 1 aromatic rings. The van der Waals surface area contributed by atoms with E-state index in [1.54, 1.807) is 7.05 Å². The summed E-state index contributed by atoms with van der Waals surface area (Å²) >= 11 is 0. The average Bonchev–Trinajstić information content (AvgIpc) is 2.45. The fourth-order valence-corrected chi connectivity index (χ4v) is 1.75. The van der Waals surface area contributed by atoms with Crippen LogP contribution in [0.15, 0.2) is 12.1 Å². The second-order valence-electron chi connectivity index (χ2n) is 4.93. The monoisotopic (exact) mass is 318 g/mol. The Balaban J connectivity index is 2.53. The van der Waals surface area contributed by atoms with Crippen molar-refractivity contribution >= 4 is 17.5 Å². The fraction of sp³-hybridized carbons (Fsp3) is 0.429. The van der Waals surface area contributed by atoms with Crippen molar-refractivity contribution in [3.63, 3.8) is 0 Å². The molecular weight excluding hydrogens is 299 g/mol. The first-order chi connectivity index (χ1) is 10.3. The molecule has 1 atom stereocenters. The lowest BCUT2D eigenvalue weighted by molar-refractivity contribution is -0.862. The van der Waals surface area contributed by atoms with Crippen LogP contribution >= 0.6 is 0 Å². The molecule has 0 radical (unpaired) electrons. The zero-order valence-electron chi connectivity index (χ0n) is 12.4. The number of anilines is 1. The van der Waals surface area contributed by atoms with Gasteiger partial charge in [0.15, 0.2) is 30.5 Å². The molecule has 122 valence electrons. The SMILES string of the molecule is CCCNC(=O)C[NH+](C)CC(=O)Nc1ccc(F)c(F)c1F. The number of hydrogen-bond donors (Lipinski definition) is 3. The van der Waals surface area contributed by atoms with E-state index in [-0.39, 0.29) is 19.0 Å². The predicted octanol–water partition coefficient (Wildman–Crippen LogP) is 0.0833. The van der Waals surface area contributed by atoms with E-state index in [1.807, 2.05) is 6.92 Å². The third kappa shape index (κ3) is 5.36. The van der Waals surface area contributed by atoms with Crippen molar-refractivity contribution in [3.05, 3.63) is 29.6 Å². The highest BCUT2D eigenvalue weighted by Crippen LogP contribution is 2.19. The Labute approximate surface area is 126 Å². The van der Waals surface area contributed by atoms with Crippen LogP contribution in [0.5, 0.6) is 0 Å². The standard InChI is InChI=1S/C14H18F3N3O2/c1-3-6-18-11(21)7-20(2)8-12(22)19-10-5-4-9(15)13(16)14(10)17/h4-5H,3,6-8H2,1-2H3,(H,18,21)(H,19,22)/p+1. The Morgan fingerprint density at radius 3 is 2.36 bits per heavy atom. The van der Waals surface area contributed by atoms with Gasteiger partial charge < -0.3 is 15.5 Å². The van der Waals surface area contributed by atoms with Crippen LogP contribution in [0.3, 0.4) is 0 Å². The summed E-state index contributed by atoms with van der Waals surface area (Å²) in [5, 5.41) is 4.82. The highest BCUT2D eigenvalue weighted by atomic mass is 19.2. The number of amides is 2. The Morgan fingerprint density at radius 2 is 1.73 bits per heavy atom. The Kier molecular flexibility index (Phi) is 6.84. The molecule has 2 amide bonds. The molecule has 5 nitrogen and oxygen atoms in total. The molecule has 1 aromatic carbocycles. The van der Waals surface area contributed by atoms with Gasteiger partial charge in [-0.25, -0.2) is 13.2 Å². The quantitative estimate of drug-likeness (QED) is 0.624. The number of hydrogen-bond acceptors (Lipinski definition) is 2. The first kappa shape index (κ1) is 18.0. The van der Waals surface area contributed by atoms with Gasteiger partial charge in [0, 0.05) is 6.54 Å². The average molecular weight is 318 g/mol. The van der Waals surface area contributed by atoms with Crippen LogP contribution in [0.4, 0.5) is 18.9 Å². The molecule has 0 saturated carbocycles. The minimum Gasteiger partial charge on any atom is -0.351 e. The maximum atomic E-state index is 13.4. The van der Waals surface area contributed by atoms with Gasteiger partial charge in [0.25, 0.3) is 11.8 Å². The second-order valence-corrected chi connectivity index (χ2v) is 4.93. The summed E-state index contributed by atoms with van der Waals surface area (Å²) in [7, 11) is 1.62. The van der Waals surface area contributed by atoms with Crippen molar-refractivity contribution in [2.24, 2.45) is 0 Å². The molecule has 0 fully saturated rings. The summed E-state index contributed by atoms with van der Waals surface area (Å²) in [6.07, 6.45) is 0.806. The van der Waals surface area contributed by atoms with Crippen molar-refractivity contribution in [1.29, 1.82) is 0 Å². The molecule has 0 saturated heterocycles. The van der Waals surface area contributed by atoms with Gasteiger partial charge in [-0.2, -0.15) is 0 Å². The largest absolute Gasteiger partial charge is 0.351 e. The van der Waals surface area contributed by atoms with Crippen LogP contribution in [-0.4, -0.2) is 38.5 Å². The molecule has 1 unspecified atom stereocenters. The molecule has 0 heterocycles. The first-order valence-electron chi connectivity index (χ1n) is 6.86. The highest BCUT2D eigenvalue weighted by Gasteiger charge is 2.18. The van der Waals surface area contributed by atoms with Crippen LogP contribution < -0.4 is 15.5 Å². The van der Waals surface area contributed by atoms with Gasteiger partial charge in [0.1, 0.15) is 0 Å². The second kappa shape index (κ2) is 8.38. The number of benzene rings is 1. The molecule has 3 N–H and O–H groups in total. The predicted molar refractivity (Wildman–Crippen MR) is 74.9 cm³/mol. The summed E-state index contributed by atoms with van der Waals surface area (Å²) in [6, 6.07) is 1.66. The number of likely N-dealkylation sites (N-methyl/N-ethyl adjacent to an activating group) is 1. The van der Waals surface area contributed by atoms with Gasteiger partial charge in [-0.15, -0.1) is 0 Å². The smallest absolute Gasteiger partial charge is 0.279 e. The van der Waals surface area contributed by atoms with E-state index in [0.717, 1.165) is 18.6 Å². The van der Waals surface area contributed by atoms with E-state index in [2.05, 4.69) is 10.6 Å². The van der Waals surface area contributed by atoms with Crippen LogP contribution in [0.25, 0.3) is 0 Å². The number of rotatable bonds is 7.